The number of aryl methyl sites for hydroxylation is 1. The number of pyridine rings is 1. The van der Waals surface area contributed by atoms with Crippen LogP contribution in [0.1, 0.15) is 41.4 Å². The molecule has 0 saturated heterocycles. The molecule has 0 aliphatic heterocycles. The molecule has 2 rings (SSSR count). The first-order chi connectivity index (χ1) is 7.92. The van der Waals surface area contributed by atoms with Crippen LogP contribution in [-0.2, 0) is 25.7 Å². The van der Waals surface area contributed by atoms with E-state index in [9.17, 15) is 13.2 Å². The molecule has 0 saturated carbocycles. The molecule has 1 aromatic heterocycles. The minimum absolute atomic E-state index is 0.234. The van der Waals surface area contributed by atoms with Gasteiger partial charge >= 0.3 is 6.18 Å². The van der Waals surface area contributed by atoms with Gasteiger partial charge in [-0.15, -0.1) is 0 Å². The van der Waals surface area contributed by atoms with Crippen LogP contribution in [0, 0.1) is 6.92 Å². The molecule has 94 valence electrons. The number of fused-ring (bicyclic) bond motifs is 1. The molecule has 0 N–H and O–H groups in total. The Kier molecular flexibility index (Phi) is 3.15. The van der Waals surface area contributed by atoms with Crippen LogP contribution in [0.3, 0.4) is 0 Å². The molecule has 0 atom stereocenters. The summed E-state index contributed by atoms with van der Waals surface area (Å²) in [5.74, 6) is 0. The van der Waals surface area contributed by atoms with E-state index in [1.54, 1.807) is 0 Å². The zero-order valence-electron chi connectivity index (χ0n) is 10.1. The van der Waals surface area contributed by atoms with Crippen LogP contribution in [0.5, 0.6) is 0 Å². The Bertz CT molecular complexity index is 435. The summed E-state index contributed by atoms with van der Waals surface area (Å²) >= 11 is 0. The molecule has 1 heterocycles. The summed E-state index contributed by atoms with van der Waals surface area (Å²) in [6.07, 6.45) is -1.64. The van der Waals surface area contributed by atoms with E-state index >= 15 is 0 Å². The van der Waals surface area contributed by atoms with Gasteiger partial charge in [-0.2, -0.15) is 13.2 Å². The van der Waals surface area contributed by atoms with E-state index in [0.29, 0.717) is 6.42 Å². The van der Waals surface area contributed by atoms with Gasteiger partial charge in [-0.3, -0.25) is 4.98 Å². The number of halogens is 3. The van der Waals surface area contributed by atoms with Gasteiger partial charge in [-0.25, -0.2) is 0 Å². The van der Waals surface area contributed by atoms with Crippen molar-refractivity contribution in [2.45, 2.75) is 52.1 Å². The number of nitrogens with zero attached hydrogens (tertiary/aromatic N) is 1. The van der Waals surface area contributed by atoms with Crippen molar-refractivity contribution < 1.29 is 13.2 Å². The maximum atomic E-state index is 12.5. The van der Waals surface area contributed by atoms with Crippen LogP contribution in [-0.4, -0.2) is 11.2 Å². The summed E-state index contributed by atoms with van der Waals surface area (Å²) in [5, 5.41) is 0. The predicted molar refractivity (Wildman–Crippen MR) is 60.1 cm³/mol. The van der Waals surface area contributed by atoms with Gasteiger partial charge in [0.05, 0.1) is 12.1 Å². The molecule has 1 aromatic rings. The maximum Gasteiger partial charge on any atom is 0.394 e. The van der Waals surface area contributed by atoms with Crippen molar-refractivity contribution in [3.63, 3.8) is 0 Å². The molecule has 1 aliphatic rings. The van der Waals surface area contributed by atoms with Gasteiger partial charge in [-0.1, -0.05) is 6.92 Å². The van der Waals surface area contributed by atoms with Gasteiger partial charge < -0.3 is 0 Å². The summed E-state index contributed by atoms with van der Waals surface area (Å²) in [5.41, 5.74) is 4.14. The fraction of sp³-hybridized carbons (Fsp3) is 0.615. The van der Waals surface area contributed by atoms with Crippen molar-refractivity contribution in [3.8, 4) is 0 Å². The summed E-state index contributed by atoms with van der Waals surface area (Å²) in [6, 6.07) is 0. The molecule has 1 aliphatic carbocycles. The topological polar surface area (TPSA) is 12.9 Å². The lowest BCUT2D eigenvalue weighted by Gasteiger charge is -2.16. The molecular weight excluding hydrogens is 227 g/mol. The minimum Gasteiger partial charge on any atom is -0.257 e. The van der Waals surface area contributed by atoms with Crippen molar-refractivity contribution in [1.29, 1.82) is 0 Å². The van der Waals surface area contributed by atoms with Gasteiger partial charge in [0.2, 0.25) is 0 Å². The molecule has 4 heteroatoms. The van der Waals surface area contributed by atoms with E-state index in [2.05, 4.69) is 4.98 Å². The van der Waals surface area contributed by atoms with E-state index in [4.69, 9.17) is 0 Å². The second-order valence-electron chi connectivity index (χ2n) is 4.59. The summed E-state index contributed by atoms with van der Waals surface area (Å²) in [7, 11) is 0. The Morgan fingerprint density at radius 3 is 2.53 bits per heavy atom. The van der Waals surface area contributed by atoms with Crippen molar-refractivity contribution in [2.75, 3.05) is 0 Å². The third-order valence-electron chi connectivity index (χ3n) is 3.43. The van der Waals surface area contributed by atoms with Crippen LogP contribution in [0.4, 0.5) is 13.2 Å². The Morgan fingerprint density at radius 1 is 1.24 bits per heavy atom. The highest BCUT2D eigenvalue weighted by atomic mass is 19.4. The zero-order valence-corrected chi connectivity index (χ0v) is 10.1. The number of alkyl halides is 3. The lowest BCUT2D eigenvalue weighted by Crippen LogP contribution is -2.16. The van der Waals surface area contributed by atoms with Crippen LogP contribution in [0.25, 0.3) is 0 Å². The first-order valence-electron chi connectivity index (χ1n) is 5.99. The fourth-order valence-electron chi connectivity index (χ4n) is 2.69. The van der Waals surface area contributed by atoms with Crippen LogP contribution in [0.2, 0.25) is 0 Å². The second kappa shape index (κ2) is 4.31. The third kappa shape index (κ3) is 2.45. The van der Waals surface area contributed by atoms with Crippen LogP contribution < -0.4 is 0 Å². The normalized spacial score (nSPS) is 15.1. The fourth-order valence-corrected chi connectivity index (χ4v) is 2.69. The molecule has 17 heavy (non-hydrogen) atoms. The van der Waals surface area contributed by atoms with Gasteiger partial charge in [0, 0.05) is 5.69 Å². The predicted octanol–water partition coefficient (Wildman–Crippen LogP) is 3.55. The average Bonchev–Trinajstić information content (AvgIpc) is 2.64. The molecule has 0 amide bonds. The molecule has 0 radical (unpaired) electrons. The smallest absolute Gasteiger partial charge is 0.257 e. The van der Waals surface area contributed by atoms with Crippen molar-refractivity contribution >= 4 is 0 Å². The monoisotopic (exact) mass is 243 g/mol. The van der Waals surface area contributed by atoms with Crippen LogP contribution >= 0.6 is 0 Å². The minimum atomic E-state index is -4.17. The highest BCUT2D eigenvalue weighted by Crippen LogP contribution is 2.30. The molecule has 0 bridgehead atoms. The zero-order chi connectivity index (χ0) is 12.6. The van der Waals surface area contributed by atoms with Crippen LogP contribution in [0.15, 0.2) is 0 Å². The Balaban J connectivity index is 2.48. The Morgan fingerprint density at radius 2 is 1.94 bits per heavy atom. The number of aromatic nitrogens is 1. The lowest BCUT2D eigenvalue weighted by atomic mass is 9.97. The first-order valence-corrected chi connectivity index (χ1v) is 5.99. The molecule has 1 nitrogen and oxygen atoms in total. The molecular formula is C13H16F3N. The number of hydrogen-bond donors (Lipinski definition) is 0. The molecule has 0 aromatic carbocycles. The first kappa shape index (κ1) is 12.4. The quantitative estimate of drug-likeness (QED) is 0.774. The lowest BCUT2D eigenvalue weighted by molar-refractivity contribution is -0.128. The van der Waals surface area contributed by atoms with E-state index in [-0.39, 0.29) is 5.69 Å². The van der Waals surface area contributed by atoms with E-state index < -0.39 is 12.6 Å². The van der Waals surface area contributed by atoms with Gasteiger partial charge in [0.1, 0.15) is 0 Å². The standard InChI is InChI=1S/C13H16F3N/c1-3-9-8(2)10-5-4-6-11(10)17-12(9)7-13(14,15)16/h3-7H2,1-2H3. The largest absolute Gasteiger partial charge is 0.394 e. The van der Waals surface area contributed by atoms with Gasteiger partial charge in [0.15, 0.2) is 0 Å². The number of hydrogen-bond acceptors (Lipinski definition) is 1. The number of rotatable bonds is 2. The highest BCUT2D eigenvalue weighted by molar-refractivity contribution is 5.42. The molecule has 0 spiro atoms. The Hall–Kier alpha value is -1.06. The van der Waals surface area contributed by atoms with Gasteiger partial charge in [-0.05, 0) is 49.3 Å². The SMILES string of the molecule is CCc1c(CC(F)(F)F)nc2c(c1C)CCC2. The van der Waals surface area contributed by atoms with E-state index in [1.165, 1.54) is 5.56 Å². The average molecular weight is 243 g/mol. The summed E-state index contributed by atoms with van der Waals surface area (Å²) < 4.78 is 37.5. The van der Waals surface area contributed by atoms with Crippen molar-refractivity contribution in [3.05, 3.63) is 28.1 Å². The highest BCUT2D eigenvalue weighted by Gasteiger charge is 2.31. The molecule has 0 fully saturated rings. The van der Waals surface area contributed by atoms with Gasteiger partial charge in [0.25, 0.3) is 0 Å². The summed E-state index contributed by atoms with van der Waals surface area (Å²) in [4.78, 5) is 4.25. The maximum absolute atomic E-state index is 12.5. The molecule has 0 unspecified atom stereocenters. The van der Waals surface area contributed by atoms with E-state index in [1.807, 2.05) is 13.8 Å². The third-order valence-corrected chi connectivity index (χ3v) is 3.43. The van der Waals surface area contributed by atoms with Crippen molar-refractivity contribution in [2.24, 2.45) is 0 Å². The second-order valence-corrected chi connectivity index (χ2v) is 4.59. The summed E-state index contributed by atoms with van der Waals surface area (Å²) in [6.45, 7) is 3.83. The van der Waals surface area contributed by atoms with Crippen molar-refractivity contribution in [1.82, 2.24) is 4.98 Å². The Labute approximate surface area is 99.1 Å². The van der Waals surface area contributed by atoms with E-state index in [0.717, 1.165) is 36.1 Å².